The third kappa shape index (κ3) is 4.33. The van der Waals surface area contributed by atoms with E-state index in [0.717, 1.165) is 5.56 Å². The Kier molecular flexibility index (Phi) is 5.88. The van der Waals surface area contributed by atoms with Crippen LogP contribution in [0.4, 0.5) is 5.69 Å². The SMILES string of the molecule is [O-][N+](=NCC(Br)c1ccccc1)c1c(Cl)cc(Cl)cc1Cl. The molecule has 0 radical (unpaired) electrons. The Balaban J connectivity index is 2.19. The van der Waals surface area contributed by atoms with E-state index in [2.05, 4.69) is 21.0 Å². The van der Waals surface area contributed by atoms with Crippen molar-refractivity contribution in [1.29, 1.82) is 0 Å². The van der Waals surface area contributed by atoms with E-state index in [1.54, 1.807) is 0 Å². The fraction of sp³-hybridized carbons (Fsp3) is 0.143. The summed E-state index contributed by atoms with van der Waals surface area (Å²) in [4.78, 5) is 0.359. The summed E-state index contributed by atoms with van der Waals surface area (Å²) in [5, 5.41) is 16.7. The lowest BCUT2D eigenvalue weighted by molar-refractivity contribution is -0.442. The Bertz CT molecular complexity index is 642. The highest BCUT2D eigenvalue weighted by molar-refractivity contribution is 9.09. The zero-order valence-corrected chi connectivity index (χ0v) is 14.5. The molecule has 0 aliphatic heterocycles. The van der Waals surface area contributed by atoms with Gasteiger partial charge in [-0.15, -0.1) is 0 Å². The van der Waals surface area contributed by atoms with Gasteiger partial charge in [0.15, 0.2) is 0 Å². The van der Waals surface area contributed by atoms with Gasteiger partial charge in [0.1, 0.15) is 16.6 Å². The van der Waals surface area contributed by atoms with Crippen LogP contribution in [0.1, 0.15) is 10.4 Å². The van der Waals surface area contributed by atoms with Crippen molar-refractivity contribution in [3.63, 3.8) is 0 Å². The predicted octanol–water partition coefficient (Wildman–Crippen LogP) is 6.38. The number of alkyl halides is 1. The smallest absolute Gasteiger partial charge is 0.281 e. The van der Waals surface area contributed by atoms with Gasteiger partial charge in [-0.2, -0.15) is 0 Å². The Morgan fingerprint density at radius 3 is 2.24 bits per heavy atom. The Morgan fingerprint density at radius 2 is 1.67 bits per heavy atom. The molecule has 0 aromatic heterocycles. The van der Waals surface area contributed by atoms with E-state index < -0.39 is 0 Å². The molecule has 0 heterocycles. The minimum Gasteiger partial charge on any atom is -0.594 e. The van der Waals surface area contributed by atoms with Gasteiger partial charge in [-0.25, -0.2) is 0 Å². The van der Waals surface area contributed by atoms with Crippen LogP contribution in [0, 0.1) is 5.21 Å². The Labute approximate surface area is 145 Å². The lowest BCUT2D eigenvalue weighted by Gasteiger charge is -2.07. The molecule has 21 heavy (non-hydrogen) atoms. The normalized spacial score (nSPS) is 13.2. The summed E-state index contributed by atoms with van der Waals surface area (Å²) in [6.07, 6.45) is 0. The summed E-state index contributed by atoms with van der Waals surface area (Å²) < 4.78 is 0. The minimum atomic E-state index is -0.0694. The largest absolute Gasteiger partial charge is 0.594 e. The maximum Gasteiger partial charge on any atom is 0.281 e. The molecule has 0 aliphatic carbocycles. The Hall–Kier alpha value is -0.810. The number of azo groups is 1. The van der Waals surface area contributed by atoms with Gasteiger partial charge in [0.05, 0.1) is 4.83 Å². The van der Waals surface area contributed by atoms with Crippen LogP contribution in [0.2, 0.25) is 15.1 Å². The monoisotopic (exact) mass is 406 g/mol. The average Bonchev–Trinajstić information content (AvgIpc) is 2.44. The van der Waals surface area contributed by atoms with Crippen molar-refractivity contribution in [1.82, 2.24) is 0 Å². The summed E-state index contributed by atoms with van der Waals surface area (Å²) in [5.74, 6) is 0. The summed E-state index contributed by atoms with van der Waals surface area (Å²) >= 11 is 21.3. The molecule has 7 heteroatoms. The highest BCUT2D eigenvalue weighted by Crippen LogP contribution is 2.36. The van der Waals surface area contributed by atoms with Crippen molar-refractivity contribution in [2.45, 2.75) is 4.83 Å². The molecule has 0 saturated carbocycles. The van der Waals surface area contributed by atoms with Crippen molar-refractivity contribution in [2.24, 2.45) is 5.11 Å². The number of hydrogen-bond donors (Lipinski definition) is 0. The molecule has 1 unspecified atom stereocenters. The molecule has 110 valence electrons. The summed E-state index contributed by atoms with van der Waals surface area (Å²) in [5.41, 5.74) is 1.12. The first-order valence-corrected chi connectivity index (χ1v) is 8.02. The van der Waals surface area contributed by atoms with Gasteiger partial charge in [-0.3, -0.25) is 0 Å². The first kappa shape index (κ1) is 16.6. The molecule has 0 amide bonds. The second kappa shape index (κ2) is 7.45. The molecular formula is C14H10BrCl3N2O. The molecule has 0 saturated heterocycles. The molecule has 3 nitrogen and oxygen atoms in total. The van der Waals surface area contributed by atoms with Gasteiger partial charge in [-0.1, -0.05) is 85.9 Å². The number of nitrogens with zero attached hydrogens (tertiary/aromatic N) is 2. The fourth-order valence-corrected chi connectivity index (χ4v) is 3.10. The highest BCUT2D eigenvalue weighted by Gasteiger charge is 2.18. The molecule has 1 atom stereocenters. The zero-order valence-electron chi connectivity index (χ0n) is 10.6. The average molecular weight is 409 g/mol. The predicted molar refractivity (Wildman–Crippen MR) is 90.2 cm³/mol. The summed E-state index contributed by atoms with van der Waals surface area (Å²) in [7, 11) is 0. The fourth-order valence-electron chi connectivity index (χ4n) is 1.70. The standard InChI is InChI=1S/C14H10BrCl3N2O/c15-11(9-4-2-1-3-5-9)8-19-20(21)14-12(17)6-10(16)7-13(14)18/h1-7,11H,8H2. The molecule has 0 aliphatic rings. The third-order valence-electron chi connectivity index (χ3n) is 2.70. The van der Waals surface area contributed by atoms with Crippen molar-refractivity contribution >= 4 is 56.4 Å². The number of halogens is 4. The first-order chi connectivity index (χ1) is 9.99. The Morgan fingerprint density at radius 1 is 1.10 bits per heavy atom. The van der Waals surface area contributed by atoms with Gasteiger partial charge in [0, 0.05) is 5.02 Å². The third-order valence-corrected chi connectivity index (χ3v) is 4.32. The van der Waals surface area contributed by atoms with E-state index in [1.807, 2.05) is 30.3 Å². The molecule has 0 fully saturated rings. The summed E-state index contributed by atoms with van der Waals surface area (Å²) in [6.45, 7) is 0.253. The van der Waals surface area contributed by atoms with Crippen molar-refractivity contribution in [3.05, 3.63) is 68.3 Å². The molecule has 2 rings (SSSR count). The zero-order chi connectivity index (χ0) is 15.4. The van der Waals surface area contributed by atoms with Gasteiger partial charge in [0.25, 0.3) is 5.69 Å². The topological polar surface area (TPSA) is 38.4 Å². The quantitative estimate of drug-likeness (QED) is 0.250. The van der Waals surface area contributed by atoms with E-state index in [1.165, 1.54) is 12.1 Å². The second-order valence-electron chi connectivity index (χ2n) is 4.19. The van der Waals surface area contributed by atoms with Crippen LogP contribution in [0.3, 0.4) is 0 Å². The first-order valence-electron chi connectivity index (χ1n) is 5.97. The van der Waals surface area contributed by atoms with Gasteiger partial charge >= 0.3 is 0 Å². The van der Waals surface area contributed by atoms with E-state index in [9.17, 15) is 5.21 Å². The van der Waals surface area contributed by atoms with Gasteiger partial charge in [-0.05, 0) is 22.8 Å². The maximum absolute atomic E-state index is 12.1. The van der Waals surface area contributed by atoms with Crippen LogP contribution in [0.25, 0.3) is 0 Å². The van der Waals surface area contributed by atoms with Crippen LogP contribution in [-0.2, 0) is 0 Å². The molecule has 2 aromatic carbocycles. The lowest BCUT2D eigenvalue weighted by Crippen LogP contribution is -2.00. The van der Waals surface area contributed by atoms with Crippen LogP contribution in [0.15, 0.2) is 47.6 Å². The van der Waals surface area contributed by atoms with Crippen molar-refractivity contribution < 1.29 is 4.86 Å². The van der Waals surface area contributed by atoms with E-state index in [-0.39, 0.29) is 27.1 Å². The number of hydrogen-bond acceptors (Lipinski definition) is 2. The van der Waals surface area contributed by atoms with Crippen molar-refractivity contribution in [2.75, 3.05) is 6.54 Å². The maximum atomic E-state index is 12.1. The van der Waals surface area contributed by atoms with Gasteiger partial charge in [0.2, 0.25) is 0 Å². The van der Waals surface area contributed by atoms with Crippen LogP contribution < -0.4 is 0 Å². The summed E-state index contributed by atoms with van der Waals surface area (Å²) in [6, 6.07) is 12.6. The van der Waals surface area contributed by atoms with Gasteiger partial charge < -0.3 is 5.21 Å². The van der Waals surface area contributed by atoms with Crippen LogP contribution >= 0.6 is 50.7 Å². The number of rotatable bonds is 4. The molecule has 2 aromatic rings. The van der Waals surface area contributed by atoms with E-state index in [0.29, 0.717) is 9.88 Å². The molecular weight excluding hydrogens is 398 g/mol. The second-order valence-corrected chi connectivity index (χ2v) is 6.55. The van der Waals surface area contributed by atoms with Crippen LogP contribution in [0.5, 0.6) is 0 Å². The molecule has 0 N–H and O–H groups in total. The van der Waals surface area contributed by atoms with Crippen LogP contribution in [-0.4, -0.2) is 11.4 Å². The highest BCUT2D eigenvalue weighted by atomic mass is 79.9. The van der Waals surface area contributed by atoms with E-state index in [4.69, 9.17) is 34.8 Å². The number of benzene rings is 2. The van der Waals surface area contributed by atoms with Crippen molar-refractivity contribution in [3.8, 4) is 0 Å². The molecule has 0 spiro atoms. The molecule has 0 bridgehead atoms. The minimum absolute atomic E-state index is 0.0694. The van der Waals surface area contributed by atoms with E-state index >= 15 is 0 Å². The lowest BCUT2D eigenvalue weighted by atomic mass is 10.1.